The molecule has 0 spiro atoms. The van der Waals surface area contributed by atoms with E-state index in [1.165, 1.54) is 4.88 Å². The summed E-state index contributed by atoms with van der Waals surface area (Å²) in [7, 11) is 1.67. The number of thiophene rings is 1. The second-order valence-corrected chi connectivity index (χ2v) is 5.27. The molecule has 0 fully saturated rings. The molecule has 0 aliphatic rings. The van der Waals surface area contributed by atoms with Gasteiger partial charge in [-0.25, -0.2) is 0 Å². The van der Waals surface area contributed by atoms with Crippen LogP contribution >= 0.6 is 11.3 Å². The Balaban J connectivity index is 1.85. The van der Waals surface area contributed by atoms with Crippen molar-refractivity contribution in [3.8, 4) is 0 Å². The van der Waals surface area contributed by atoms with Crippen LogP contribution in [0.4, 0.5) is 6.01 Å². The highest BCUT2D eigenvalue weighted by Crippen LogP contribution is 2.25. The SMILES string of the molecule is CCC(Nc1nnc(CNCCOC)o1)c1cccs1. The van der Waals surface area contributed by atoms with E-state index >= 15 is 0 Å². The molecular weight excluding hydrogens is 276 g/mol. The van der Waals surface area contributed by atoms with Crippen molar-refractivity contribution < 1.29 is 9.15 Å². The summed E-state index contributed by atoms with van der Waals surface area (Å²) in [6, 6.07) is 4.83. The Morgan fingerprint density at radius 3 is 3.05 bits per heavy atom. The van der Waals surface area contributed by atoms with Gasteiger partial charge in [0, 0.05) is 18.5 Å². The Bertz CT molecular complexity index is 486. The highest BCUT2D eigenvalue weighted by atomic mass is 32.1. The normalized spacial score (nSPS) is 12.5. The third-order valence-corrected chi connectivity index (χ3v) is 3.80. The van der Waals surface area contributed by atoms with Gasteiger partial charge in [0.15, 0.2) is 0 Å². The third kappa shape index (κ3) is 4.29. The molecule has 110 valence electrons. The van der Waals surface area contributed by atoms with Gasteiger partial charge in [0.2, 0.25) is 5.89 Å². The maximum absolute atomic E-state index is 5.56. The van der Waals surface area contributed by atoms with E-state index in [4.69, 9.17) is 9.15 Å². The van der Waals surface area contributed by atoms with Crippen LogP contribution in [0.5, 0.6) is 0 Å². The number of methoxy groups -OCH3 is 1. The van der Waals surface area contributed by atoms with Crippen LogP contribution in [-0.2, 0) is 11.3 Å². The predicted molar refractivity (Wildman–Crippen MR) is 78.9 cm³/mol. The first-order chi connectivity index (χ1) is 9.83. The lowest BCUT2D eigenvalue weighted by Gasteiger charge is -2.12. The predicted octanol–water partition coefficient (Wildman–Crippen LogP) is 2.43. The van der Waals surface area contributed by atoms with E-state index < -0.39 is 0 Å². The van der Waals surface area contributed by atoms with Crippen LogP contribution in [0.25, 0.3) is 0 Å². The number of anilines is 1. The van der Waals surface area contributed by atoms with Gasteiger partial charge >= 0.3 is 6.01 Å². The van der Waals surface area contributed by atoms with E-state index in [9.17, 15) is 0 Å². The van der Waals surface area contributed by atoms with Crippen LogP contribution in [0, 0.1) is 0 Å². The van der Waals surface area contributed by atoms with E-state index in [0.717, 1.165) is 13.0 Å². The fourth-order valence-corrected chi connectivity index (χ4v) is 2.63. The van der Waals surface area contributed by atoms with Crippen LogP contribution in [0.3, 0.4) is 0 Å². The number of hydrogen-bond donors (Lipinski definition) is 2. The monoisotopic (exact) mass is 296 g/mol. The van der Waals surface area contributed by atoms with E-state index in [0.29, 0.717) is 25.1 Å². The summed E-state index contributed by atoms with van der Waals surface area (Å²) in [4.78, 5) is 1.27. The first-order valence-corrected chi connectivity index (χ1v) is 7.53. The van der Waals surface area contributed by atoms with Crippen LogP contribution in [0.1, 0.15) is 30.2 Å². The van der Waals surface area contributed by atoms with Crippen molar-refractivity contribution in [2.75, 3.05) is 25.6 Å². The zero-order valence-corrected chi connectivity index (χ0v) is 12.6. The quantitative estimate of drug-likeness (QED) is 0.692. The zero-order valence-electron chi connectivity index (χ0n) is 11.8. The van der Waals surface area contributed by atoms with Crippen molar-refractivity contribution in [1.82, 2.24) is 15.5 Å². The zero-order chi connectivity index (χ0) is 14.2. The molecule has 0 amide bonds. The van der Waals surface area contributed by atoms with Gasteiger partial charge in [-0.2, -0.15) is 0 Å². The molecule has 2 aromatic rings. The van der Waals surface area contributed by atoms with Gasteiger partial charge in [-0.15, -0.1) is 16.4 Å². The number of aromatic nitrogens is 2. The molecule has 1 unspecified atom stereocenters. The van der Waals surface area contributed by atoms with Crippen molar-refractivity contribution in [2.24, 2.45) is 0 Å². The van der Waals surface area contributed by atoms with Crippen molar-refractivity contribution in [2.45, 2.75) is 25.9 Å². The highest BCUT2D eigenvalue weighted by molar-refractivity contribution is 7.10. The van der Waals surface area contributed by atoms with Crippen LogP contribution in [0.2, 0.25) is 0 Å². The molecule has 7 heteroatoms. The summed E-state index contributed by atoms with van der Waals surface area (Å²) in [5.74, 6) is 0.574. The largest absolute Gasteiger partial charge is 0.407 e. The van der Waals surface area contributed by atoms with Gasteiger partial charge in [-0.1, -0.05) is 18.1 Å². The lowest BCUT2D eigenvalue weighted by molar-refractivity contribution is 0.198. The average Bonchev–Trinajstić information content (AvgIpc) is 3.12. The molecule has 2 heterocycles. The molecular formula is C13H20N4O2S. The summed E-state index contributed by atoms with van der Waals surface area (Å²) < 4.78 is 10.5. The third-order valence-electron chi connectivity index (χ3n) is 2.82. The van der Waals surface area contributed by atoms with Gasteiger partial charge in [0.05, 0.1) is 19.2 Å². The Morgan fingerprint density at radius 1 is 1.45 bits per heavy atom. The topological polar surface area (TPSA) is 72.2 Å². The number of rotatable bonds is 9. The lowest BCUT2D eigenvalue weighted by Crippen LogP contribution is -2.18. The molecule has 20 heavy (non-hydrogen) atoms. The van der Waals surface area contributed by atoms with Crippen molar-refractivity contribution in [3.63, 3.8) is 0 Å². The molecule has 6 nitrogen and oxygen atoms in total. The molecule has 2 aromatic heterocycles. The van der Waals surface area contributed by atoms with Gasteiger partial charge < -0.3 is 19.8 Å². The fourth-order valence-electron chi connectivity index (χ4n) is 1.77. The molecule has 0 aliphatic heterocycles. The Morgan fingerprint density at radius 2 is 2.35 bits per heavy atom. The Labute approximate surface area is 122 Å². The first kappa shape index (κ1) is 15.0. The average molecular weight is 296 g/mol. The van der Waals surface area contributed by atoms with E-state index in [2.05, 4.69) is 39.2 Å². The molecule has 2 rings (SSSR count). The van der Waals surface area contributed by atoms with Crippen molar-refractivity contribution in [3.05, 3.63) is 28.3 Å². The molecule has 0 bridgehead atoms. The van der Waals surface area contributed by atoms with Crippen LogP contribution < -0.4 is 10.6 Å². The Kier molecular flexibility index (Phi) is 5.97. The van der Waals surface area contributed by atoms with Crippen molar-refractivity contribution >= 4 is 17.4 Å². The second-order valence-electron chi connectivity index (χ2n) is 4.29. The maximum Gasteiger partial charge on any atom is 0.316 e. The number of hydrogen-bond acceptors (Lipinski definition) is 7. The Hall–Kier alpha value is -1.44. The smallest absolute Gasteiger partial charge is 0.316 e. The van der Waals surface area contributed by atoms with Crippen LogP contribution in [-0.4, -0.2) is 30.5 Å². The van der Waals surface area contributed by atoms with Crippen molar-refractivity contribution in [1.29, 1.82) is 0 Å². The fraction of sp³-hybridized carbons (Fsp3) is 0.538. The minimum atomic E-state index is 0.213. The summed E-state index contributed by atoms with van der Waals surface area (Å²) in [6.45, 7) is 4.10. The van der Waals surface area contributed by atoms with Crippen LogP contribution in [0.15, 0.2) is 21.9 Å². The van der Waals surface area contributed by atoms with Gasteiger partial charge in [-0.3, -0.25) is 0 Å². The van der Waals surface area contributed by atoms with E-state index in [1.807, 2.05) is 6.07 Å². The lowest BCUT2D eigenvalue weighted by atomic mass is 10.2. The molecule has 0 aromatic carbocycles. The molecule has 2 N–H and O–H groups in total. The standard InChI is InChI=1S/C13H20N4O2S/c1-3-10(11-5-4-8-20-11)15-13-17-16-12(19-13)9-14-6-7-18-2/h4-5,8,10,14H,3,6-7,9H2,1-2H3,(H,15,17). The van der Waals surface area contributed by atoms with Gasteiger partial charge in [0.1, 0.15) is 0 Å². The summed E-state index contributed by atoms with van der Waals surface area (Å²) in [6.07, 6.45) is 0.963. The van der Waals surface area contributed by atoms with E-state index in [-0.39, 0.29) is 6.04 Å². The minimum absolute atomic E-state index is 0.213. The molecule has 0 radical (unpaired) electrons. The van der Waals surface area contributed by atoms with Gasteiger partial charge in [0.25, 0.3) is 0 Å². The summed E-state index contributed by atoms with van der Waals surface area (Å²) in [5.41, 5.74) is 0. The summed E-state index contributed by atoms with van der Waals surface area (Å²) in [5, 5.41) is 16.5. The molecule has 0 saturated carbocycles. The number of ether oxygens (including phenoxy) is 1. The minimum Gasteiger partial charge on any atom is -0.407 e. The number of nitrogens with one attached hydrogen (secondary N) is 2. The molecule has 0 saturated heterocycles. The summed E-state index contributed by atoms with van der Waals surface area (Å²) >= 11 is 1.72. The van der Waals surface area contributed by atoms with E-state index in [1.54, 1.807) is 18.4 Å². The highest BCUT2D eigenvalue weighted by Gasteiger charge is 2.14. The molecule has 0 aliphatic carbocycles. The number of nitrogens with zero attached hydrogens (tertiary/aromatic N) is 2. The van der Waals surface area contributed by atoms with Gasteiger partial charge in [-0.05, 0) is 17.9 Å². The molecule has 1 atom stereocenters. The first-order valence-electron chi connectivity index (χ1n) is 6.65. The second kappa shape index (κ2) is 7.98. The maximum atomic E-state index is 5.56.